The van der Waals surface area contributed by atoms with Gasteiger partial charge in [0.15, 0.2) is 5.76 Å². The molecule has 0 saturated carbocycles. The zero-order valence-electron chi connectivity index (χ0n) is 9.72. The van der Waals surface area contributed by atoms with Crippen LogP contribution in [0, 0.1) is 5.82 Å². The van der Waals surface area contributed by atoms with Gasteiger partial charge in [0.2, 0.25) is 0 Å². The predicted octanol–water partition coefficient (Wildman–Crippen LogP) is 1.90. The van der Waals surface area contributed by atoms with Crippen LogP contribution < -0.4 is 5.32 Å². The highest BCUT2D eigenvalue weighted by atomic mass is 19.1. The molecule has 5 nitrogen and oxygen atoms in total. The molecule has 0 radical (unpaired) electrons. The van der Waals surface area contributed by atoms with Gasteiger partial charge in [-0.15, -0.1) is 0 Å². The number of carbonyl (C=O) groups excluding carboxylic acids is 1. The fourth-order valence-electron chi connectivity index (χ4n) is 1.50. The van der Waals surface area contributed by atoms with Crippen molar-refractivity contribution in [3.05, 3.63) is 48.0 Å². The highest BCUT2D eigenvalue weighted by molar-refractivity contribution is 5.93. The van der Waals surface area contributed by atoms with E-state index in [2.05, 4.69) is 5.32 Å². The minimum atomic E-state index is -1.15. The van der Waals surface area contributed by atoms with E-state index in [1.807, 2.05) is 0 Å². The van der Waals surface area contributed by atoms with E-state index >= 15 is 0 Å². The number of nitrogens with one attached hydrogen (secondary N) is 1. The molecule has 2 N–H and O–H groups in total. The van der Waals surface area contributed by atoms with E-state index in [1.165, 1.54) is 30.3 Å². The normalized spacial score (nSPS) is 10.2. The molecule has 0 aliphatic carbocycles. The number of hydrogen-bond acceptors (Lipinski definition) is 3. The lowest BCUT2D eigenvalue weighted by Crippen LogP contribution is -2.28. The Kier molecular flexibility index (Phi) is 3.61. The number of furan rings is 1. The van der Waals surface area contributed by atoms with Gasteiger partial charge in [-0.1, -0.05) is 12.1 Å². The van der Waals surface area contributed by atoms with Gasteiger partial charge in [-0.2, -0.15) is 0 Å². The first kappa shape index (κ1) is 12.8. The molecular formula is C13H10FNO4. The van der Waals surface area contributed by atoms with E-state index in [0.717, 1.165) is 0 Å². The molecule has 98 valence electrons. The molecule has 1 amide bonds. The van der Waals surface area contributed by atoms with Crippen LogP contribution in [-0.4, -0.2) is 23.5 Å². The summed E-state index contributed by atoms with van der Waals surface area (Å²) in [5, 5.41) is 10.6. The molecule has 0 saturated heterocycles. The van der Waals surface area contributed by atoms with E-state index in [9.17, 15) is 14.0 Å². The predicted molar refractivity (Wildman–Crippen MR) is 64.1 cm³/mol. The van der Waals surface area contributed by atoms with Crippen LogP contribution in [0.4, 0.5) is 4.39 Å². The van der Waals surface area contributed by atoms with Gasteiger partial charge in [-0.3, -0.25) is 9.59 Å². The molecule has 6 heteroatoms. The second-order valence-electron chi connectivity index (χ2n) is 3.75. The summed E-state index contributed by atoms with van der Waals surface area (Å²) in [5.74, 6) is -1.89. The molecule has 1 heterocycles. The van der Waals surface area contributed by atoms with E-state index in [0.29, 0.717) is 11.3 Å². The number of halogens is 1. The van der Waals surface area contributed by atoms with Crippen LogP contribution in [-0.2, 0) is 4.79 Å². The third kappa shape index (κ3) is 3.19. The smallest absolute Gasteiger partial charge is 0.322 e. The Balaban J connectivity index is 2.15. The van der Waals surface area contributed by atoms with Gasteiger partial charge in [0.1, 0.15) is 18.1 Å². The SMILES string of the molecule is O=C(O)CNC(=O)c1ccc(-c2cccc(F)c2)o1. The Hall–Kier alpha value is -2.63. The summed E-state index contributed by atoms with van der Waals surface area (Å²) >= 11 is 0. The summed E-state index contributed by atoms with van der Waals surface area (Å²) in [6.07, 6.45) is 0. The highest BCUT2D eigenvalue weighted by Crippen LogP contribution is 2.22. The molecule has 0 spiro atoms. The number of carboxylic acid groups (broad SMARTS) is 1. The van der Waals surface area contributed by atoms with Crippen molar-refractivity contribution in [2.24, 2.45) is 0 Å². The highest BCUT2D eigenvalue weighted by Gasteiger charge is 2.13. The maximum absolute atomic E-state index is 13.0. The lowest BCUT2D eigenvalue weighted by Gasteiger charge is -1.99. The third-order valence-corrected chi connectivity index (χ3v) is 2.34. The largest absolute Gasteiger partial charge is 0.480 e. The van der Waals surface area contributed by atoms with Crippen molar-refractivity contribution in [2.45, 2.75) is 0 Å². The summed E-state index contributed by atoms with van der Waals surface area (Å²) in [6, 6.07) is 8.66. The maximum atomic E-state index is 13.0. The van der Waals surface area contributed by atoms with Crippen LogP contribution in [0.5, 0.6) is 0 Å². The number of hydrogen-bond donors (Lipinski definition) is 2. The van der Waals surface area contributed by atoms with Crippen molar-refractivity contribution >= 4 is 11.9 Å². The first-order valence-corrected chi connectivity index (χ1v) is 5.42. The maximum Gasteiger partial charge on any atom is 0.322 e. The monoisotopic (exact) mass is 263 g/mol. The van der Waals surface area contributed by atoms with Crippen molar-refractivity contribution in [3.63, 3.8) is 0 Å². The minimum Gasteiger partial charge on any atom is -0.480 e. The fraction of sp³-hybridized carbons (Fsp3) is 0.0769. The van der Waals surface area contributed by atoms with E-state index in [4.69, 9.17) is 9.52 Å². The molecule has 0 aliphatic heterocycles. The Morgan fingerprint density at radius 2 is 2.05 bits per heavy atom. The van der Waals surface area contributed by atoms with Crippen molar-refractivity contribution in [3.8, 4) is 11.3 Å². The molecule has 0 aliphatic rings. The molecule has 1 aromatic carbocycles. The summed E-state index contributed by atoms with van der Waals surface area (Å²) in [7, 11) is 0. The average Bonchev–Trinajstić information content (AvgIpc) is 2.85. The van der Waals surface area contributed by atoms with Crippen LogP contribution in [0.3, 0.4) is 0 Å². The Morgan fingerprint density at radius 1 is 1.26 bits per heavy atom. The Labute approximate surface area is 107 Å². The number of aliphatic carboxylic acids is 1. The van der Waals surface area contributed by atoms with Crippen molar-refractivity contribution in [1.29, 1.82) is 0 Å². The number of amides is 1. The van der Waals surface area contributed by atoms with E-state index in [-0.39, 0.29) is 5.76 Å². The quantitative estimate of drug-likeness (QED) is 0.882. The van der Waals surface area contributed by atoms with Crippen LogP contribution in [0.2, 0.25) is 0 Å². The molecule has 1 aromatic heterocycles. The van der Waals surface area contributed by atoms with Gasteiger partial charge >= 0.3 is 5.97 Å². The van der Waals surface area contributed by atoms with Crippen LogP contribution in [0.25, 0.3) is 11.3 Å². The summed E-state index contributed by atoms with van der Waals surface area (Å²) in [5.41, 5.74) is 0.497. The van der Waals surface area contributed by atoms with E-state index in [1.54, 1.807) is 6.07 Å². The Bertz CT molecular complexity index is 621. The number of carbonyl (C=O) groups is 2. The standard InChI is InChI=1S/C13H10FNO4/c14-9-3-1-2-8(6-9)10-4-5-11(19-10)13(18)15-7-12(16)17/h1-6H,7H2,(H,15,18)(H,16,17). The summed E-state index contributed by atoms with van der Waals surface area (Å²) in [6.45, 7) is -0.491. The number of benzene rings is 1. The minimum absolute atomic E-state index is 0.0273. The lowest BCUT2D eigenvalue weighted by molar-refractivity contribution is -0.135. The average molecular weight is 263 g/mol. The number of rotatable bonds is 4. The molecule has 0 unspecified atom stereocenters. The molecule has 0 bridgehead atoms. The van der Waals surface area contributed by atoms with Crippen molar-refractivity contribution in [2.75, 3.05) is 6.54 Å². The van der Waals surface area contributed by atoms with Crippen molar-refractivity contribution in [1.82, 2.24) is 5.32 Å². The van der Waals surface area contributed by atoms with Crippen LogP contribution in [0.1, 0.15) is 10.6 Å². The fourth-order valence-corrected chi connectivity index (χ4v) is 1.50. The first-order valence-electron chi connectivity index (χ1n) is 5.42. The van der Waals surface area contributed by atoms with E-state index < -0.39 is 24.2 Å². The molecule has 2 rings (SSSR count). The summed E-state index contributed by atoms with van der Waals surface area (Å²) < 4.78 is 18.3. The van der Waals surface area contributed by atoms with Gasteiger partial charge in [0.25, 0.3) is 5.91 Å². The lowest BCUT2D eigenvalue weighted by atomic mass is 10.2. The van der Waals surface area contributed by atoms with Gasteiger partial charge in [0.05, 0.1) is 0 Å². The second-order valence-corrected chi connectivity index (χ2v) is 3.75. The Morgan fingerprint density at radius 3 is 2.74 bits per heavy atom. The van der Waals surface area contributed by atoms with Gasteiger partial charge in [0, 0.05) is 5.56 Å². The number of carboxylic acids is 1. The van der Waals surface area contributed by atoms with Crippen molar-refractivity contribution < 1.29 is 23.5 Å². The molecular weight excluding hydrogens is 253 g/mol. The second kappa shape index (κ2) is 5.34. The molecule has 0 atom stereocenters. The van der Waals surface area contributed by atoms with Crippen LogP contribution in [0.15, 0.2) is 40.8 Å². The third-order valence-electron chi connectivity index (χ3n) is 2.34. The molecule has 0 fully saturated rings. The molecule has 19 heavy (non-hydrogen) atoms. The zero-order chi connectivity index (χ0) is 13.8. The topological polar surface area (TPSA) is 79.5 Å². The summed E-state index contributed by atoms with van der Waals surface area (Å²) in [4.78, 5) is 21.8. The zero-order valence-corrected chi connectivity index (χ0v) is 9.72. The molecule has 2 aromatic rings. The first-order chi connectivity index (χ1) is 9.06. The van der Waals surface area contributed by atoms with Gasteiger partial charge < -0.3 is 14.8 Å². The van der Waals surface area contributed by atoms with Crippen LogP contribution >= 0.6 is 0 Å². The van der Waals surface area contributed by atoms with Gasteiger partial charge in [-0.05, 0) is 24.3 Å². The van der Waals surface area contributed by atoms with Gasteiger partial charge in [-0.25, -0.2) is 4.39 Å².